The van der Waals surface area contributed by atoms with Crippen LogP contribution in [0.15, 0.2) is 18.2 Å². The quantitative estimate of drug-likeness (QED) is 0.904. The Labute approximate surface area is 109 Å². The number of benzene rings is 1. The van der Waals surface area contributed by atoms with Gasteiger partial charge in [0, 0.05) is 12.6 Å². The topological polar surface area (TPSA) is 49.4 Å². The molecule has 0 aliphatic carbocycles. The lowest BCUT2D eigenvalue weighted by atomic mass is 10.0. The molecule has 1 heterocycles. The summed E-state index contributed by atoms with van der Waals surface area (Å²) in [6.07, 6.45) is 2.06. The molecule has 0 bridgehead atoms. The Morgan fingerprint density at radius 1 is 1.44 bits per heavy atom. The standard InChI is InChI=1S/C13H20N2O2S/c1-4-14-10(2)11-5-6-13-12(9-11)7-8-15(13)18(3,16)17/h5-6,9-10,14H,4,7-8H2,1-3H3. The van der Waals surface area contributed by atoms with E-state index in [2.05, 4.69) is 25.2 Å². The van der Waals surface area contributed by atoms with Crippen LogP contribution in [-0.2, 0) is 16.4 Å². The van der Waals surface area contributed by atoms with Crippen molar-refractivity contribution < 1.29 is 8.42 Å². The van der Waals surface area contributed by atoms with E-state index in [0.29, 0.717) is 12.6 Å². The Morgan fingerprint density at radius 2 is 2.17 bits per heavy atom. The summed E-state index contributed by atoms with van der Waals surface area (Å²) in [7, 11) is -3.14. The van der Waals surface area contributed by atoms with Gasteiger partial charge in [-0.15, -0.1) is 0 Å². The summed E-state index contributed by atoms with van der Waals surface area (Å²) in [5.41, 5.74) is 3.18. The Kier molecular flexibility index (Phi) is 3.64. The van der Waals surface area contributed by atoms with Crippen molar-refractivity contribution in [2.75, 3.05) is 23.7 Å². The van der Waals surface area contributed by atoms with E-state index in [-0.39, 0.29) is 0 Å². The normalized spacial score (nSPS) is 16.7. The van der Waals surface area contributed by atoms with Gasteiger partial charge in [-0.2, -0.15) is 0 Å². The molecular weight excluding hydrogens is 248 g/mol. The molecule has 1 aliphatic rings. The van der Waals surface area contributed by atoms with Gasteiger partial charge in [0.05, 0.1) is 11.9 Å². The van der Waals surface area contributed by atoms with Gasteiger partial charge in [0.1, 0.15) is 0 Å². The minimum atomic E-state index is -3.14. The largest absolute Gasteiger partial charge is 0.310 e. The summed E-state index contributed by atoms with van der Waals surface area (Å²) in [6.45, 7) is 5.69. The zero-order valence-electron chi connectivity index (χ0n) is 11.1. The van der Waals surface area contributed by atoms with Crippen molar-refractivity contribution in [2.45, 2.75) is 26.3 Å². The average molecular weight is 268 g/mol. The predicted molar refractivity (Wildman–Crippen MR) is 74.4 cm³/mol. The number of hydrogen-bond acceptors (Lipinski definition) is 3. The number of fused-ring (bicyclic) bond motifs is 1. The molecule has 0 amide bonds. The molecule has 0 radical (unpaired) electrons. The van der Waals surface area contributed by atoms with Gasteiger partial charge in [0.15, 0.2) is 0 Å². The molecule has 0 aromatic heterocycles. The fraction of sp³-hybridized carbons (Fsp3) is 0.538. The lowest BCUT2D eigenvalue weighted by Crippen LogP contribution is -2.27. The Bertz CT molecular complexity index is 540. The summed E-state index contributed by atoms with van der Waals surface area (Å²) in [6, 6.07) is 6.35. The lowest BCUT2D eigenvalue weighted by molar-refractivity contribution is 0.598. The SMILES string of the molecule is CCNC(C)c1ccc2c(c1)CCN2S(C)(=O)=O. The molecule has 1 unspecified atom stereocenters. The molecular formula is C13H20N2O2S. The molecule has 1 atom stereocenters. The third kappa shape index (κ3) is 2.52. The second-order valence-corrected chi connectivity index (χ2v) is 6.66. The van der Waals surface area contributed by atoms with Crippen molar-refractivity contribution in [3.8, 4) is 0 Å². The summed E-state index contributed by atoms with van der Waals surface area (Å²) >= 11 is 0. The molecule has 18 heavy (non-hydrogen) atoms. The highest BCUT2D eigenvalue weighted by Gasteiger charge is 2.26. The maximum atomic E-state index is 11.6. The van der Waals surface area contributed by atoms with Crippen LogP contribution in [0.25, 0.3) is 0 Å². The molecule has 0 saturated heterocycles. The number of nitrogens with one attached hydrogen (secondary N) is 1. The third-order valence-corrected chi connectivity index (χ3v) is 4.55. The van der Waals surface area contributed by atoms with Crippen molar-refractivity contribution in [3.05, 3.63) is 29.3 Å². The van der Waals surface area contributed by atoms with Gasteiger partial charge < -0.3 is 5.32 Å². The maximum absolute atomic E-state index is 11.6. The summed E-state index contributed by atoms with van der Waals surface area (Å²) in [5.74, 6) is 0. The second kappa shape index (κ2) is 4.90. The van der Waals surface area contributed by atoms with Crippen molar-refractivity contribution in [1.82, 2.24) is 5.32 Å². The molecule has 2 rings (SSSR count). The zero-order valence-corrected chi connectivity index (χ0v) is 11.9. The molecule has 4 nitrogen and oxygen atoms in total. The molecule has 0 saturated carbocycles. The van der Waals surface area contributed by atoms with E-state index >= 15 is 0 Å². The van der Waals surface area contributed by atoms with Crippen LogP contribution in [0.1, 0.15) is 31.0 Å². The molecule has 1 aromatic carbocycles. The fourth-order valence-electron chi connectivity index (χ4n) is 2.43. The van der Waals surface area contributed by atoms with E-state index in [0.717, 1.165) is 24.2 Å². The van der Waals surface area contributed by atoms with E-state index in [1.165, 1.54) is 16.1 Å². The van der Waals surface area contributed by atoms with Crippen LogP contribution in [-0.4, -0.2) is 27.8 Å². The van der Waals surface area contributed by atoms with Gasteiger partial charge in [0.25, 0.3) is 0 Å². The number of rotatable bonds is 4. The van der Waals surface area contributed by atoms with Crippen LogP contribution in [0.4, 0.5) is 5.69 Å². The average Bonchev–Trinajstić information content (AvgIpc) is 2.71. The van der Waals surface area contributed by atoms with Crippen LogP contribution in [0.2, 0.25) is 0 Å². The van der Waals surface area contributed by atoms with E-state index in [1.807, 2.05) is 12.1 Å². The molecule has 1 aliphatic heterocycles. The molecule has 5 heteroatoms. The number of nitrogens with zero attached hydrogens (tertiary/aromatic N) is 1. The van der Waals surface area contributed by atoms with Crippen molar-refractivity contribution in [3.63, 3.8) is 0 Å². The smallest absolute Gasteiger partial charge is 0.232 e. The van der Waals surface area contributed by atoms with Crippen LogP contribution >= 0.6 is 0 Å². The van der Waals surface area contributed by atoms with Crippen molar-refractivity contribution >= 4 is 15.7 Å². The van der Waals surface area contributed by atoms with Gasteiger partial charge in [-0.05, 0) is 37.1 Å². The van der Waals surface area contributed by atoms with Crippen molar-refractivity contribution in [1.29, 1.82) is 0 Å². The first-order chi connectivity index (χ1) is 8.43. The van der Waals surface area contributed by atoms with E-state index in [4.69, 9.17) is 0 Å². The highest BCUT2D eigenvalue weighted by atomic mass is 32.2. The highest BCUT2D eigenvalue weighted by molar-refractivity contribution is 7.92. The molecule has 0 fully saturated rings. The molecule has 0 spiro atoms. The van der Waals surface area contributed by atoms with Gasteiger partial charge in [-0.25, -0.2) is 8.42 Å². The molecule has 1 N–H and O–H groups in total. The van der Waals surface area contributed by atoms with Crippen molar-refractivity contribution in [2.24, 2.45) is 0 Å². The predicted octanol–water partition coefficient (Wildman–Crippen LogP) is 1.68. The molecule has 100 valence electrons. The lowest BCUT2D eigenvalue weighted by Gasteiger charge is -2.18. The third-order valence-electron chi connectivity index (χ3n) is 3.37. The molecule has 1 aromatic rings. The van der Waals surface area contributed by atoms with Gasteiger partial charge in [0.2, 0.25) is 10.0 Å². The zero-order chi connectivity index (χ0) is 13.3. The van der Waals surface area contributed by atoms with Crippen LogP contribution in [0.5, 0.6) is 0 Å². The fourth-order valence-corrected chi connectivity index (χ4v) is 3.39. The maximum Gasteiger partial charge on any atom is 0.232 e. The van der Waals surface area contributed by atoms with Crippen LogP contribution in [0.3, 0.4) is 0 Å². The Hall–Kier alpha value is -1.07. The first-order valence-corrected chi connectivity index (χ1v) is 8.12. The van der Waals surface area contributed by atoms with E-state index < -0.39 is 10.0 Å². The van der Waals surface area contributed by atoms with Gasteiger partial charge in [-0.1, -0.05) is 19.1 Å². The minimum absolute atomic E-state index is 0.299. The summed E-state index contributed by atoms with van der Waals surface area (Å²) in [5, 5.41) is 3.36. The van der Waals surface area contributed by atoms with Gasteiger partial charge in [-0.3, -0.25) is 4.31 Å². The second-order valence-electron chi connectivity index (χ2n) is 4.75. The number of anilines is 1. The Morgan fingerprint density at radius 3 is 2.78 bits per heavy atom. The number of hydrogen-bond donors (Lipinski definition) is 1. The van der Waals surface area contributed by atoms with Crippen LogP contribution < -0.4 is 9.62 Å². The van der Waals surface area contributed by atoms with E-state index in [1.54, 1.807) is 0 Å². The first kappa shape index (κ1) is 13.4. The Balaban J connectivity index is 2.31. The monoisotopic (exact) mass is 268 g/mol. The summed E-state index contributed by atoms with van der Waals surface area (Å²) < 4.78 is 24.8. The minimum Gasteiger partial charge on any atom is -0.310 e. The van der Waals surface area contributed by atoms with Gasteiger partial charge >= 0.3 is 0 Å². The summed E-state index contributed by atoms with van der Waals surface area (Å²) in [4.78, 5) is 0. The first-order valence-electron chi connectivity index (χ1n) is 6.27. The van der Waals surface area contributed by atoms with E-state index in [9.17, 15) is 8.42 Å². The van der Waals surface area contributed by atoms with Crippen LogP contribution in [0, 0.1) is 0 Å². The number of sulfonamides is 1. The highest BCUT2D eigenvalue weighted by Crippen LogP contribution is 2.32.